The maximum Gasteiger partial charge on any atom is 0.253 e. The molecule has 0 aliphatic carbocycles. The number of carbonyl (C=O) groups excluding carboxylic acids is 1. The van der Waals surface area contributed by atoms with Gasteiger partial charge < -0.3 is 5.32 Å². The van der Waals surface area contributed by atoms with Crippen LogP contribution in [0.2, 0.25) is 0 Å². The fourth-order valence-electron chi connectivity index (χ4n) is 3.18. The van der Waals surface area contributed by atoms with Crippen LogP contribution in [0.25, 0.3) is 0 Å². The van der Waals surface area contributed by atoms with Gasteiger partial charge in [0.1, 0.15) is 0 Å². The van der Waals surface area contributed by atoms with Crippen LogP contribution in [0.3, 0.4) is 0 Å². The Morgan fingerprint density at radius 2 is 2.29 bits per heavy atom. The minimum Gasteiger partial charge on any atom is -0.352 e. The number of likely N-dealkylation sites (tertiary alicyclic amines) is 1. The maximum atomic E-state index is 12.3. The minimum absolute atomic E-state index is 0.0247. The first-order chi connectivity index (χ1) is 11.7. The number of aromatic nitrogens is 3. The monoisotopic (exact) mass is 327 g/mol. The fraction of sp³-hybridized carbons (Fsp3) is 0.500. The van der Waals surface area contributed by atoms with Crippen LogP contribution < -0.4 is 5.32 Å². The molecule has 24 heavy (non-hydrogen) atoms. The third-order valence-corrected chi connectivity index (χ3v) is 4.62. The molecule has 1 N–H and O–H groups in total. The molecule has 2 aromatic heterocycles. The van der Waals surface area contributed by atoms with E-state index in [0.29, 0.717) is 11.5 Å². The molecule has 128 valence electrons. The molecular formula is C18H25N5O. The number of carbonyl (C=O) groups is 1. The summed E-state index contributed by atoms with van der Waals surface area (Å²) in [5.74, 6) is 0.482. The van der Waals surface area contributed by atoms with Gasteiger partial charge in [0.25, 0.3) is 5.91 Å². The highest BCUT2D eigenvalue weighted by molar-refractivity contribution is 5.95. The third kappa shape index (κ3) is 4.00. The highest BCUT2D eigenvalue weighted by Crippen LogP contribution is 2.18. The molecule has 6 heteroatoms. The van der Waals surface area contributed by atoms with Crippen LogP contribution in [0.5, 0.6) is 0 Å². The van der Waals surface area contributed by atoms with E-state index in [0.717, 1.165) is 44.7 Å². The zero-order valence-corrected chi connectivity index (χ0v) is 14.4. The van der Waals surface area contributed by atoms with Crippen molar-refractivity contribution < 1.29 is 4.79 Å². The molecule has 0 bridgehead atoms. The summed E-state index contributed by atoms with van der Waals surface area (Å²) in [6.45, 7) is 8.68. The van der Waals surface area contributed by atoms with Crippen molar-refractivity contribution in [1.82, 2.24) is 25.0 Å². The van der Waals surface area contributed by atoms with Crippen LogP contribution in [0, 0.1) is 12.8 Å². The van der Waals surface area contributed by atoms with Gasteiger partial charge in [-0.3, -0.25) is 19.4 Å². The zero-order valence-electron chi connectivity index (χ0n) is 14.4. The lowest BCUT2D eigenvalue weighted by atomic mass is 10.1. The van der Waals surface area contributed by atoms with Crippen molar-refractivity contribution >= 4 is 5.91 Å². The Labute approximate surface area is 142 Å². The Morgan fingerprint density at radius 3 is 3.04 bits per heavy atom. The highest BCUT2D eigenvalue weighted by atomic mass is 16.1. The molecule has 1 aliphatic heterocycles. The molecule has 3 rings (SSSR count). The van der Waals surface area contributed by atoms with Crippen LogP contribution in [0.4, 0.5) is 0 Å². The number of pyridine rings is 1. The summed E-state index contributed by atoms with van der Waals surface area (Å²) in [5.41, 5.74) is 2.88. The molecule has 3 heterocycles. The molecule has 1 amide bonds. The molecular weight excluding hydrogens is 302 g/mol. The normalized spacial score (nSPS) is 18.0. The molecule has 0 spiro atoms. The van der Waals surface area contributed by atoms with E-state index in [1.165, 1.54) is 5.56 Å². The van der Waals surface area contributed by atoms with E-state index in [9.17, 15) is 4.79 Å². The van der Waals surface area contributed by atoms with E-state index in [-0.39, 0.29) is 5.91 Å². The largest absolute Gasteiger partial charge is 0.352 e. The number of hydrogen-bond donors (Lipinski definition) is 1. The summed E-state index contributed by atoms with van der Waals surface area (Å²) in [6, 6.07) is 1.86. The van der Waals surface area contributed by atoms with Gasteiger partial charge in [0.2, 0.25) is 0 Å². The maximum absolute atomic E-state index is 12.3. The second kappa shape index (κ2) is 7.57. The quantitative estimate of drug-likeness (QED) is 0.880. The summed E-state index contributed by atoms with van der Waals surface area (Å²) in [7, 11) is 0. The lowest BCUT2D eigenvalue weighted by molar-refractivity contribution is 0.0946. The summed E-state index contributed by atoms with van der Waals surface area (Å²) >= 11 is 0. The summed E-state index contributed by atoms with van der Waals surface area (Å²) < 4.78 is 1.96. The molecule has 1 fully saturated rings. The van der Waals surface area contributed by atoms with E-state index < -0.39 is 0 Å². The number of aryl methyl sites for hydroxylation is 2. The summed E-state index contributed by atoms with van der Waals surface area (Å²) in [4.78, 5) is 18.7. The van der Waals surface area contributed by atoms with Crippen molar-refractivity contribution in [2.75, 3.05) is 19.6 Å². The standard InChI is InChI=1S/C18H25N5O/c1-3-23-13-16(9-21-23)12-22-7-5-15(11-22)8-20-18(24)17-10-19-6-4-14(17)2/h4,6,9-10,13,15H,3,5,7-8,11-12H2,1-2H3,(H,20,24)/t15-/m1/s1. The molecule has 1 atom stereocenters. The van der Waals surface area contributed by atoms with Gasteiger partial charge in [0.15, 0.2) is 0 Å². The van der Waals surface area contributed by atoms with Gasteiger partial charge in [0, 0.05) is 50.3 Å². The first kappa shape index (κ1) is 16.6. The van der Waals surface area contributed by atoms with E-state index in [1.807, 2.05) is 23.9 Å². The van der Waals surface area contributed by atoms with Crippen LogP contribution in [0.15, 0.2) is 30.9 Å². The smallest absolute Gasteiger partial charge is 0.253 e. The van der Waals surface area contributed by atoms with Crippen molar-refractivity contribution in [2.45, 2.75) is 33.4 Å². The van der Waals surface area contributed by atoms with Crippen molar-refractivity contribution in [1.29, 1.82) is 0 Å². The SMILES string of the molecule is CCn1cc(CN2CC[C@H](CNC(=O)c3cnccc3C)C2)cn1. The Balaban J connectivity index is 1.46. The molecule has 0 aromatic carbocycles. The molecule has 6 nitrogen and oxygen atoms in total. The van der Waals surface area contributed by atoms with E-state index in [1.54, 1.807) is 12.4 Å². The topological polar surface area (TPSA) is 63.0 Å². The Bertz CT molecular complexity index is 696. The third-order valence-electron chi connectivity index (χ3n) is 4.62. The van der Waals surface area contributed by atoms with Crippen molar-refractivity contribution in [3.8, 4) is 0 Å². The van der Waals surface area contributed by atoms with E-state index >= 15 is 0 Å². The van der Waals surface area contributed by atoms with Gasteiger partial charge in [-0.25, -0.2) is 0 Å². The Hall–Kier alpha value is -2.21. The van der Waals surface area contributed by atoms with Crippen molar-refractivity contribution in [3.63, 3.8) is 0 Å². The minimum atomic E-state index is -0.0247. The second-order valence-electron chi connectivity index (χ2n) is 6.49. The van der Waals surface area contributed by atoms with Crippen LogP contribution in [-0.4, -0.2) is 45.2 Å². The van der Waals surface area contributed by atoms with Crippen LogP contribution >= 0.6 is 0 Å². The lowest BCUT2D eigenvalue weighted by Crippen LogP contribution is -2.31. The lowest BCUT2D eigenvalue weighted by Gasteiger charge is -2.15. The molecule has 0 unspecified atom stereocenters. The Morgan fingerprint density at radius 1 is 1.42 bits per heavy atom. The predicted octanol–water partition coefficient (Wildman–Crippen LogP) is 1.86. The molecule has 2 aromatic rings. The van der Waals surface area contributed by atoms with Crippen LogP contribution in [0.1, 0.15) is 34.8 Å². The zero-order chi connectivity index (χ0) is 16.9. The van der Waals surface area contributed by atoms with Gasteiger partial charge >= 0.3 is 0 Å². The molecule has 1 saturated heterocycles. The average molecular weight is 327 g/mol. The Kier molecular flexibility index (Phi) is 5.25. The van der Waals surface area contributed by atoms with Gasteiger partial charge in [-0.1, -0.05) is 0 Å². The summed E-state index contributed by atoms with van der Waals surface area (Å²) in [6.07, 6.45) is 8.52. The van der Waals surface area contributed by atoms with Crippen molar-refractivity contribution in [2.24, 2.45) is 5.92 Å². The number of nitrogens with one attached hydrogen (secondary N) is 1. The van der Waals surface area contributed by atoms with E-state index in [4.69, 9.17) is 0 Å². The first-order valence-electron chi connectivity index (χ1n) is 8.58. The number of rotatable bonds is 6. The van der Waals surface area contributed by atoms with Gasteiger partial charge in [0.05, 0.1) is 11.8 Å². The van der Waals surface area contributed by atoms with Crippen LogP contribution in [-0.2, 0) is 13.1 Å². The summed E-state index contributed by atoms with van der Waals surface area (Å²) in [5, 5.41) is 7.38. The van der Waals surface area contributed by atoms with Crippen molar-refractivity contribution in [3.05, 3.63) is 47.5 Å². The average Bonchev–Trinajstić information content (AvgIpc) is 3.22. The second-order valence-corrected chi connectivity index (χ2v) is 6.49. The van der Waals surface area contributed by atoms with Gasteiger partial charge in [-0.2, -0.15) is 5.10 Å². The number of nitrogens with zero attached hydrogens (tertiary/aromatic N) is 4. The molecule has 0 radical (unpaired) electrons. The van der Waals surface area contributed by atoms with E-state index in [2.05, 4.69) is 33.4 Å². The van der Waals surface area contributed by atoms with Gasteiger partial charge in [-0.15, -0.1) is 0 Å². The first-order valence-corrected chi connectivity index (χ1v) is 8.58. The van der Waals surface area contributed by atoms with Gasteiger partial charge in [-0.05, 0) is 44.4 Å². The fourth-order valence-corrected chi connectivity index (χ4v) is 3.18. The molecule has 1 aliphatic rings. The highest BCUT2D eigenvalue weighted by Gasteiger charge is 2.23. The predicted molar refractivity (Wildman–Crippen MR) is 92.6 cm³/mol. The number of amides is 1. The number of hydrogen-bond acceptors (Lipinski definition) is 4. The molecule has 0 saturated carbocycles.